The van der Waals surface area contributed by atoms with Gasteiger partial charge in [0.25, 0.3) is 0 Å². The second kappa shape index (κ2) is 4.98. The van der Waals surface area contributed by atoms with Crippen LogP contribution in [0.3, 0.4) is 0 Å². The first-order chi connectivity index (χ1) is 8.52. The summed E-state index contributed by atoms with van der Waals surface area (Å²) in [4.78, 5) is 11.9. The highest BCUT2D eigenvalue weighted by molar-refractivity contribution is 5.97. The van der Waals surface area contributed by atoms with E-state index in [1.807, 2.05) is 39.1 Å². The van der Waals surface area contributed by atoms with Crippen LogP contribution in [0.25, 0.3) is 0 Å². The molecule has 0 amide bonds. The van der Waals surface area contributed by atoms with Gasteiger partial charge < -0.3 is 15.4 Å². The molecule has 0 aromatic heterocycles. The van der Waals surface area contributed by atoms with Crippen LogP contribution in [-0.4, -0.2) is 31.5 Å². The van der Waals surface area contributed by atoms with Gasteiger partial charge in [0.05, 0.1) is 12.2 Å². The van der Waals surface area contributed by atoms with Crippen molar-refractivity contribution in [2.45, 2.75) is 25.9 Å². The molecule has 0 fully saturated rings. The van der Waals surface area contributed by atoms with Crippen LogP contribution in [0.4, 0.5) is 5.69 Å². The number of anilines is 1. The van der Waals surface area contributed by atoms with Crippen molar-refractivity contribution in [2.75, 3.05) is 25.5 Å². The predicted molar refractivity (Wildman–Crippen MR) is 72.5 cm³/mol. The molecule has 1 aromatic carbocycles. The molecule has 4 heteroatoms. The van der Waals surface area contributed by atoms with Crippen molar-refractivity contribution in [1.29, 1.82) is 0 Å². The summed E-state index contributed by atoms with van der Waals surface area (Å²) in [6.45, 7) is 5.52. The molecular weight excluding hydrogens is 228 g/mol. The second-order valence-corrected chi connectivity index (χ2v) is 5.20. The number of ether oxygens (including phenoxy) is 1. The molecule has 0 unspecified atom stereocenters. The number of Topliss-reactive ketones (excluding diaryl/α,β-unsaturated/α-hetero) is 1. The van der Waals surface area contributed by atoms with Crippen LogP contribution in [0.5, 0.6) is 5.75 Å². The normalized spacial score (nSPS) is 16.4. The second-order valence-electron chi connectivity index (χ2n) is 5.20. The van der Waals surface area contributed by atoms with Gasteiger partial charge in [0, 0.05) is 18.5 Å². The molecule has 0 saturated heterocycles. The monoisotopic (exact) mass is 248 g/mol. The predicted octanol–water partition coefficient (Wildman–Crippen LogP) is 2.06. The molecule has 0 bridgehead atoms. The van der Waals surface area contributed by atoms with Crippen molar-refractivity contribution in [3.05, 3.63) is 23.8 Å². The van der Waals surface area contributed by atoms with Gasteiger partial charge in [0.2, 0.25) is 0 Å². The Labute approximate surface area is 108 Å². The number of ketones is 1. The lowest BCUT2D eigenvalue weighted by atomic mass is 10.0. The lowest BCUT2D eigenvalue weighted by molar-refractivity contribution is 0.0982. The minimum Gasteiger partial charge on any atom is -0.484 e. The van der Waals surface area contributed by atoms with E-state index >= 15 is 0 Å². The third-order valence-electron chi connectivity index (χ3n) is 2.99. The van der Waals surface area contributed by atoms with Crippen molar-refractivity contribution in [3.63, 3.8) is 0 Å². The molecule has 1 aromatic rings. The summed E-state index contributed by atoms with van der Waals surface area (Å²) in [5.74, 6) is 0.968. The van der Waals surface area contributed by atoms with Crippen LogP contribution in [0.2, 0.25) is 0 Å². The minimum atomic E-state index is -0.204. The van der Waals surface area contributed by atoms with E-state index in [-0.39, 0.29) is 11.4 Å². The average Bonchev–Trinajstić information content (AvgIpc) is 2.34. The summed E-state index contributed by atoms with van der Waals surface area (Å²) in [7, 11) is 1.84. The molecule has 1 heterocycles. The topological polar surface area (TPSA) is 50.4 Å². The van der Waals surface area contributed by atoms with Gasteiger partial charge >= 0.3 is 0 Å². The number of hydrogen-bond acceptors (Lipinski definition) is 4. The molecule has 2 N–H and O–H groups in total. The van der Waals surface area contributed by atoms with E-state index in [1.54, 1.807) is 0 Å². The zero-order valence-corrected chi connectivity index (χ0v) is 11.2. The molecule has 4 nitrogen and oxygen atoms in total. The van der Waals surface area contributed by atoms with Crippen LogP contribution >= 0.6 is 0 Å². The van der Waals surface area contributed by atoms with Gasteiger partial charge in [0.15, 0.2) is 5.78 Å². The maximum atomic E-state index is 11.9. The largest absolute Gasteiger partial charge is 0.484 e. The molecule has 1 aliphatic heterocycles. The molecule has 0 spiro atoms. The Hall–Kier alpha value is -1.55. The molecule has 0 saturated carbocycles. The van der Waals surface area contributed by atoms with Crippen molar-refractivity contribution >= 4 is 11.5 Å². The Kier molecular flexibility index (Phi) is 3.57. The maximum absolute atomic E-state index is 11.9. The first kappa shape index (κ1) is 12.9. The molecule has 2 rings (SSSR count). The number of fused-ring (bicyclic) bond motifs is 1. The average molecular weight is 248 g/mol. The van der Waals surface area contributed by atoms with Crippen LogP contribution in [-0.2, 0) is 0 Å². The van der Waals surface area contributed by atoms with E-state index < -0.39 is 0 Å². The molecule has 98 valence electrons. The first-order valence-electron chi connectivity index (χ1n) is 6.26. The van der Waals surface area contributed by atoms with E-state index in [0.29, 0.717) is 13.0 Å². The summed E-state index contributed by atoms with van der Waals surface area (Å²) in [5, 5.41) is 6.29. The van der Waals surface area contributed by atoms with Crippen molar-refractivity contribution in [3.8, 4) is 5.75 Å². The van der Waals surface area contributed by atoms with Crippen LogP contribution < -0.4 is 15.4 Å². The molecular formula is C14H20N2O2. The van der Waals surface area contributed by atoms with E-state index in [1.165, 1.54) is 0 Å². The molecule has 1 aliphatic rings. The standard InChI is InChI=1S/C14H20N2O2/c1-14(2)9-16-11-8-10(4-5-13(11)18-14)12(17)6-7-15-3/h4-5,8,15-16H,6-7,9H2,1-3H3. The summed E-state index contributed by atoms with van der Waals surface area (Å²) in [6.07, 6.45) is 0.516. The Bertz CT molecular complexity index is 455. The lowest BCUT2D eigenvalue weighted by Crippen LogP contribution is -2.40. The van der Waals surface area contributed by atoms with Crippen molar-refractivity contribution in [2.24, 2.45) is 0 Å². The van der Waals surface area contributed by atoms with Gasteiger partial charge in [-0.25, -0.2) is 0 Å². The number of benzene rings is 1. The van der Waals surface area contributed by atoms with E-state index in [4.69, 9.17) is 4.74 Å². The number of carbonyl (C=O) groups is 1. The number of rotatable bonds is 4. The molecule has 18 heavy (non-hydrogen) atoms. The van der Waals surface area contributed by atoms with Gasteiger partial charge in [-0.2, -0.15) is 0 Å². The van der Waals surface area contributed by atoms with Crippen LogP contribution in [0.1, 0.15) is 30.6 Å². The smallest absolute Gasteiger partial charge is 0.164 e. The summed E-state index contributed by atoms with van der Waals surface area (Å²) < 4.78 is 5.85. The Morgan fingerprint density at radius 3 is 3.00 bits per heavy atom. The molecule has 0 atom stereocenters. The Balaban J connectivity index is 2.16. The van der Waals surface area contributed by atoms with Crippen molar-refractivity contribution in [1.82, 2.24) is 5.32 Å². The SMILES string of the molecule is CNCCC(=O)c1ccc2c(c1)NCC(C)(C)O2. The van der Waals surface area contributed by atoms with Crippen molar-refractivity contribution < 1.29 is 9.53 Å². The lowest BCUT2D eigenvalue weighted by Gasteiger charge is -2.33. The van der Waals surface area contributed by atoms with Crippen LogP contribution in [0.15, 0.2) is 18.2 Å². The maximum Gasteiger partial charge on any atom is 0.164 e. The van der Waals surface area contributed by atoms with E-state index in [9.17, 15) is 4.79 Å². The highest BCUT2D eigenvalue weighted by atomic mass is 16.5. The highest BCUT2D eigenvalue weighted by Gasteiger charge is 2.26. The number of nitrogens with one attached hydrogen (secondary N) is 2. The summed E-state index contributed by atoms with van der Waals surface area (Å²) >= 11 is 0. The first-order valence-corrected chi connectivity index (χ1v) is 6.26. The fourth-order valence-electron chi connectivity index (χ4n) is 1.96. The zero-order valence-electron chi connectivity index (χ0n) is 11.2. The quantitative estimate of drug-likeness (QED) is 0.801. The molecule has 0 radical (unpaired) electrons. The van der Waals surface area contributed by atoms with E-state index in [0.717, 1.165) is 23.5 Å². The Morgan fingerprint density at radius 2 is 2.28 bits per heavy atom. The fraction of sp³-hybridized carbons (Fsp3) is 0.500. The van der Waals surface area contributed by atoms with Gasteiger partial charge in [-0.15, -0.1) is 0 Å². The Morgan fingerprint density at radius 1 is 1.50 bits per heavy atom. The summed E-state index contributed by atoms with van der Waals surface area (Å²) in [6, 6.07) is 5.58. The van der Waals surface area contributed by atoms with Gasteiger partial charge in [-0.05, 0) is 39.1 Å². The number of carbonyl (C=O) groups excluding carboxylic acids is 1. The summed E-state index contributed by atoms with van der Waals surface area (Å²) in [5.41, 5.74) is 1.44. The third kappa shape index (κ3) is 2.82. The van der Waals surface area contributed by atoms with Gasteiger partial charge in [-0.1, -0.05) is 0 Å². The van der Waals surface area contributed by atoms with E-state index in [2.05, 4.69) is 10.6 Å². The molecule has 0 aliphatic carbocycles. The van der Waals surface area contributed by atoms with Gasteiger partial charge in [0.1, 0.15) is 11.4 Å². The fourth-order valence-corrected chi connectivity index (χ4v) is 1.96. The number of hydrogen-bond donors (Lipinski definition) is 2. The third-order valence-corrected chi connectivity index (χ3v) is 2.99. The highest BCUT2D eigenvalue weighted by Crippen LogP contribution is 2.33. The minimum absolute atomic E-state index is 0.152. The zero-order chi connectivity index (χ0) is 13.2. The van der Waals surface area contributed by atoms with Gasteiger partial charge in [-0.3, -0.25) is 4.79 Å². The van der Waals surface area contributed by atoms with Crippen LogP contribution in [0, 0.1) is 0 Å².